The molecular formula is C14H20N2O3. The van der Waals surface area contributed by atoms with E-state index in [1.807, 2.05) is 31.2 Å². The number of hydrogen-bond acceptors (Lipinski definition) is 3. The lowest BCUT2D eigenvalue weighted by molar-refractivity contribution is -0.139. The van der Waals surface area contributed by atoms with E-state index in [9.17, 15) is 9.59 Å². The molecule has 0 radical (unpaired) electrons. The first kappa shape index (κ1) is 15.0. The van der Waals surface area contributed by atoms with Gasteiger partial charge in [-0.2, -0.15) is 0 Å². The Hall–Kier alpha value is -2.04. The number of benzene rings is 1. The van der Waals surface area contributed by atoms with E-state index in [0.717, 1.165) is 11.3 Å². The Morgan fingerprint density at radius 3 is 2.00 bits per heavy atom. The zero-order valence-corrected chi connectivity index (χ0v) is 11.7. The molecular weight excluding hydrogens is 244 g/mol. The van der Waals surface area contributed by atoms with Crippen molar-refractivity contribution in [3.05, 3.63) is 29.8 Å². The number of hydrogen-bond donors (Lipinski definition) is 2. The first-order chi connectivity index (χ1) is 8.93. The van der Waals surface area contributed by atoms with Gasteiger partial charge >= 0.3 is 11.8 Å². The number of amides is 2. The molecule has 19 heavy (non-hydrogen) atoms. The molecule has 0 aliphatic heterocycles. The average molecular weight is 264 g/mol. The predicted molar refractivity (Wildman–Crippen MR) is 72.8 cm³/mol. The highest BCUT2D eigenvalue weighted by atomic mass is 16.5. The summed E-state index contributed by atoms with van der Waals surface area (Å²) in [5.74, 6) is -0.493. The summed E-state index contributed by atoms with van der Waals surface area (Å²) in [6.45, 7) is 5.43. The lowest BCUT2D eigenvalue weighted by Crippen LogP contribution is -2.43. The largest absolute Gasteiger partial charge is 0.497 e. The third kappa shape index (κ3) is 4.62. The van der Waals surface area contributed by atoms with Gasteiger partial charge in [0.25, 0.3) is 0 Å². The van der Waals surface area contributed by atoms with Crippen LogP contribution in [0.2, 0.25) is 0 Å². The first-order valence-electron chi connectivity index (χ1n) is 6.19. The minimum Gasteiger partial charge on any atom is -0.497 e. The molecule has 0 bridgehead atoms. The van der Waals surface area contributed by atoms with Gasteiger partial charge < -0.3 is 15.4 Å². The van der Waals surface area contributed by atoms with Crippen molar-refractivity contribution in [1.29, 1.82) is 0 Å². The summed E-state index contributed by atoms with van der Waals surface area (Å²) in [6, 6.07) is 7.03. The first-order valence-corrected chi connectivity index (χ1v) is 6.19. The van der Waals surface area contributed by atoms with Gasteiger partial charge in [-0.15, -0.1) is 0 Å². The third-order valence-electron chi connectivity index (χ3n) is 2.59. The van der Waals surface area contributed by atoms with Crippen LogP contribution in [-0.2, 0) is 9.59 Å². The lowest BCUT2D eigenvalue weighted by atomic mass is 10.1. The van der Waals surface area contributed by atoms with Crippen LogP contribution < -0.4 is 15.4 Å². The summed E-state index contributed by atoms with van der Waals surface area (Å²) < 4.78 is 5.06. The average Bonchev–Trinajstić information content (AvgIpc) is 2.37. The molecule has 0 aromatic heterocycles. The van der Waals surface area contributed by atoms with Crippen molar-refractivity contribution in [2.24, 2.45) is 0 Å². The summed E-state index contributed by atoms with van der Waals surface area (Å²) >= 11 is 0. The highest BCUT2D eigenvalue weighted by Gasteiger charge is 2.17. The standard InChI is InChI=1S/C14H20N2O3/c1-9(2)15-13(17)14(18)16-10(3)11-5-7-12(19-4)8-6-11/h5-10H,1-4H3,(H,15,17)(H,16,18). The van der Waals surface area contributed by atoms with Crippen LogP contribution in [0.25, 0.3) is 0 Å². The molecule has 2 amide bonds. The number of ether oxygens (including phenoxy) is 1. The van der Waals surface area contributed by atoms with Gasteiger partial charge in [-0.25, -0.2) is 0 Å². The van der Waals surface area contributed by atoms with Gasteiger partial charge in [-0.3, -0.25) is 9.59 Å². The third-order valence-corrected chi connectivity index (χ3v) is 2.59. The van der Waals surface area contributed by atoms with E-state index in [-0.39, 0.29) is 12.1 Å². The second kappa shape index (κ2) is 6.78. The maximum Gasteiger partial charge on any atom is 0.309 e. The molecule has 1 aromatic carbocycles. The molecule has 5 nitrogen and oxygen atoms in total. The fraction of sp³-hybridized carbons (Fsp3) is 0.429. The van der Waals surface area contributed by atoms with Gasteiger partial charge in [0.05, 0.1) is 13.2 Å². The van der Waals surface area contributed by atoms with Crippen LogP contribution in [-0.4, -0.2) is 25.0 Å². The van der Waals surface area contributed by atoms with E-state index in [1.165, 1.54) is 0 Å². The Balaban J connectivity index is 2.60. The van der Waals surface area contributed by atoms with Crippen LogP contribution in [0.4, 0.5) is 0 Å². The highest BCUT2D eigenvalue weighted by Crippen LogP contribution is 2.16. The Labute approximate surface area is 113 Å². The van der Waals surface area contributed by atoms with E-state index in [0.29, 0.717) is 0 Å². The van der Waals surface area contributed by atoms with Gasteiger partial charge in [0.2, 0.25) is 0 Å². The summed E-state index contributed by atoms with van der Waals surface area (Å²) in [6.07, 6.45) is 0. The van der Waals surface area contributed by atoms with Crippen molar-refractivity contribution < 1.29 is 14.3 Å². The fourth-order valence-electron chi connectivity index (χ4n) is 1.57. The minimum absolute atomic E-state index is 0.0606. The van der Waals surface area contributed by atoms with Crippen molar-refractivity contribution >= 4 is 11.8 Å². The number of rotatable bonds is 4. The molecule has 1 atom stereocenters. The van der Waals surface area contributed by atoms with Crippen LogP contribution in [0.15, 0.2) is 24.3 Å². The van der Waals surface area contributed by atoms with Crippen LogP contribution in [0.3, 0.4) is 0 Å². The van der Waals surface area contributed by atoms with Gasteiger partial charge in [0.15, 0.2) is 0 Å². The minimum atomic E-state index is -0.628. The van der Waals surface area contributed by atoms with Crippen molar-refractivity contribution in [3.63, 3.8) is 0 Å². The SMILES string of the molecule is COc1ccc(C(C)NC(=O)C(=O)NC(C)C)cc1. The molecule has 0 heterocycles. The zero-order valence-electron chi connectivity index (χ0n) is 11.7. The molecule has 2 N–H and O–H groups in total. The molecule has 0 fully saturated rings. The van der Waals surface area contributed by atoms with Crippen LogP contribution >= 0.6 is 0 Å². The lowest BCUT2D eigenvalue weighted by Gasteiger charge is -2.15. The molecule has 0 aliphatic rings. The van der Waals surface area contributed by atoms with Crippen molar-refractivity contribution in [2.45, 2.75) is 32.9 Å². The molecule has 1 aromatic rings. The predicted octanol–water partition coefficient (Wildman–Crippen LogP) is 1.40. The number of carbonyl (C=O) groups is 2. The molecule has 104 valence electrons. The van der Waals surface area contributed by atoms with Gasteiger partial charge in [-0.1, -0.05) is 12.1 Å². The van der Waals surface area contributed by atoms with E-state index >= 15 is 0 Å². The topological polar surface area (TPSA) is 67.4 Å². The Bertz CT molecular complexity index is 441. The molecule has 1 unspecified atom stereocenters. The normalized spacial score (nSPS) is 11.8. The van der Waals surface area contributed by atoms with E-state index in [4.69, 9.17) is 4.74 Å². The summed E-state index contributed by atoms with van der Waals surface area (Å²) in [5, 5.41) is 5.19. The van der Waals surface area contributed by atoms with E-state index in [1.54, 1.807) is 21.0 Å². The molecule has 0 saturated heterocycles. The second-order valence-corrected chi connectivity index (χ2v) is 4.60. The monoisotopic (exact) mass is 264 g/mol. The quantitative estimate of drug-likeness (QED) is 0.808. The summed E-state index contributed by atoms with van der Waals surface area (Å²) in [7, 11) is 1.59. The van der Waals surface area contributed by atoms with E-state index in [2.05, 4.69) is 10.6 Å². The maximum atomic E-state index is 11.6. The maximum absolute atomic E-state index is 11.6. The van der Waals surface area contributed by atoms with Crippen LogP contribution in [0, 0.1) is 0 Å². The molecule has 0 aliphatic carbocycles. The molecule has 0 saturated carbocycles. The van der Waals surface area contributed by atoms with Gasteiger partial charge in [-0.05, 0) is 38.5 Å². The summed E-state index contributed by atoms with van der Waals surface area (Å²) in [4.78, 5) is 23.1. The molecule has 1 rings (SSSR count). The fourth-order valence-corrected chi connectivity index (χ4v) is 1.57. The molecule has 5 heteroatoms. The van der Waals surface area contributed by atoms with Crippen molar-refractivity contribution in [1.82, 2.24) is 10.6 Å². The number of methoxy groups -OCH3 is 1. The van der Waals surface area contributed by atoms with Gasteiger partial charge in [0.1, 0.15) is 5.75 Å². The van der Waals surface area contributed by atoms with E-state index < -0.39 is 11.8 Å². The van der Waals surface area contributed by atoms with Crippen LogP contribution in [0.1, 0.15) is 32.4 Å². The Morgan fingerprint density at radius 2 is 1.53 bits per heavy atom. The zero-order chi connectivity index (χ0) is 14.4. The van der Waals surface area contributed by atoms with Gasteiger partial charge in [0, 0.05) is 6.04 Å². The van der Waals surface area contributed by atoms with Crippen molar-refractivity contribution in [3.8, 4) is 5.75 Å². The number of nitrogens with one attached hydrogen (secondary N) is 2. The molecule has 0 spiro atoms. The summed E-state index contributed by atoms with van der Waals surface area (Å²) in [5.41, 5.74) is 0.909. The Morgan fingerprint density at radius 1 is 1.00 bits per heavy atom. The Kier molecular flexibility index (Phi) is 5.36. The van der Waals surface area contributed by atoms with Crippen molar-refractivity contribution in [2.75, 3.05) is 7.11 Å². The second-order valence-electron chi connectivity index (χ2n) is 4.60. The number of carbonyl (C=O) groups excluding carboxylic acids is 2. The highest BCUT2D eigenvalue weighted by molar-refractivity contribution is 6.35. The van der Waals surface area contributed by atoms with Crippen LogP contribution in [0.5, 0.6) is 5.75 Å². The smallest absolute Gasteiger partial charge is 0.309 e.